The third-order valence-electron chi connectivity index (χ3n) is 2.84. The summed E-state index contributed by atoms with van der Waals surface area (Å²) < 4.78 is 5.14. The van der Waals surface area contributed by atoms with Crippen LogP contribution >= 0.6 is 0 Å². The molecule has 2 aromatic rings. The lowest BCUT2D eigenvalue weighted by Crippen LogP contribution is -2.13. The summed E-state index contributed by atoms with van der Waals surface area (Å²) in [6, 6.07) is 13.2. The van der Waals surface area contributed by atoms with Crippen LogP contribution in [0.15, 0.2) is 42.5 Å². The molecule has 4 nitrogen and oxygen atoms in total. The van der Waals surface area contributed by atoms with Crippen molar-refractivity contribution >= 4 is 5.82 Å². The third-order valence-corrected chi connectivity index (χ3v) is 2.84. The van der Waals surface area contributed by atoms with E-state index in [1.165, 1.54) is 0 Å². The summed E-state index contributed by atoms with van der Waals surface area (Å²) in [5.41, 5.74) is 1.76. The van der Waals surface area contributed by atoms with Crippen molar-refractivity contribution in [2.75, 3.05) is 19.0 Å². The molecule has 0 aliphatic carbocycles. The third kappa shape index (κ3) is 3.69. The Hall–Kier alpha value is -2.07. The molecule has 0 fully saturated rings. The number of nitrogens with zero attached hydrogens (tertiary/aromatic N) is 1. The first-order valence-electron chi connectivity index (χ1n) is 6.18. The molecule has 2 rings (SSSR count). The van der Waals surface area contributed by atoms with Gasteiger partial charge in [-0.2, -0.15) is 0 Å². The Bertz CT molecular complexity index is 543. The number of pyridine rings is 1. The monoisotopic (exact) mass is 258 g/mol. The summed E-state index contributed by atoms with van der Waals surface area (Å²) >= 11 is 0. The first-order chi connectivity index (χ1) is 9.19. The Kier molecular flexibility index (Phi) is 4.36. The van der Waals surface area contributed by atoms with Gasteiger partial charge in [-0.15, -0.1) is 0 Å². The molecule has 1 heterocycles. The quantitative estimate of drug-likeness (QED) is 0.865. The molecule has 0 aliphatic heterocycles. The summed E-state index contributed by atoms with van der Waals surface area (Å²) in [5, 5.41) is 13.2. The fraction of sp³-hybridized carbons (Fsp3) is 0.267. The van der Waals surface area contributed by atoms with Crippen molar-refractivity contribution < 1.29 is 9.84 Å². The Morgan fingerprint density at radius 1 is 1.26 bits per heavy atom. The van der Waals surface area contributed by atoms with Gasteiger partial charge in [0.05, 0.1) is 13.2 Å². The Morgan fingerprint density at radius 2 is 2.05 bits per heavy atom. The Balaban J connectivity index is 1.99. The van der Waals surface area contributed by atoms with Crippen LogP contribution < -0.4 is 10.1 Å². The number of aryl methyl sites for hydroxylation is 1. The smallest absolute Gasteiger partial charge is 0.126 e. The van der Waals surface area contributed by atoms with Crippen LogP contribution in [0, 0.1) is 6.92 Å². The van der Waals surface area contributed by atoms with Crippen molar-refractivity contribution in [3.63, 3.8) is 0 Å². The number of ether oxygens (including phenoxy) is 1. The van der Waals surface area contributed by atoms with Crippen LogP contribution in [0.2, 0.25) is 0 Å². The molecule has 0 spiro atoms. The lowest BCUT2D eigenvalue weighted by Gasteiger charge is -2.13. The summed E-state index contributed by atoms with van der Waals surface area (Å²) in [4.78, 5) is 4.33. The van der Waals surface area contributed by atoms with E-state index in [1.807, 2.05) is 49.4 Å². The molecule has 1 aromatic heterocycles. The van der Waals surface area contributed by atoms with E-state index in [2.05, 4.69) is 10.3 Å². The molecule has 1 aromatic carbocycles. The second-order valence-corrected chi connectivity index (χ2v) is 4.34. The minimum Gasteiger partial charge on any atom is -0.497 e. The second kappa shape index (κ2) is 6.20. The molecular formula is C15H18N2O2. The van der Waals surface area contributed by atoms with Crippen LogP contribution in [-0.2, 0) is 0 Å². The highest BCUT2D eigenvalue weighted by atomic mass is 16.5. The predicted octanol–water partition coefficient (Wildman–Crippen LogP) is 2.54. The minimum absolute atomic E-state index is 0.406. The lowest BCUT2D eigenvalue weighted by atomic mass is 10.1. The van der Waals surface area contributed by atoms with E-state index in [9.17, 15) is 5.11 Å². The largest absolute Gasteiger partial charge is 0.497 e. The number of aromatic nitrogens is 1. The molecule has 100 valence electrons. The van der Waals surface area contributed by atoms with Crippen molar-refractivity contribution in [1.82, 2.24) is 4.98 Å². The first-order valence-corrected chi connectivity index (χ1v) is 6.18. The highest BCUT2D eigenvalue weighted by Gasteiger charge is 2.08. The van der Waals surface area contributed by atoms with Gasteiger partial charge in [0.1, 0.15) is 11.6 Å². The van der Waals surface area contributed by atoms with Crippen molar-refractivity contribution in [2.24, 2.45) is 0 Å². The normalized spacial score (nSPS) is 11.9. The average molecular weight is 258 g/mol. The zero-order valence-electron chi connectivity index (χ0n) is 11.1. The number of methoxy groups -OCH3 is 1. The van der Waals surface area contributed by atoms with Crippen molar-refractivity contribution in [2.45, 2.75) is 13.0 Å². The van der Waals surface area contributed by atoms with E-state index < -0.39 is 6.10 Å². The van der Waals surface area contributed by atoms with Gasteiger partial charge in [-0.1, -0.05) is 18.2 Å². The highest BCUT2D eigenvalue weighted by Crippen LogP contribution is 2.19. The van der Waals surface area contributed by atoms with Gasteiger partial charge in [0.15, 0.2) is 0 Å². The number of rotatable bonds is 5. The lowest BCUT2D eigenvalue weighted by molar-refractivity contribution is 0.191. The number of hydrogen-bond acceptors (Lipinski definition) is 4. The predicted molar refractivity (Wildman–Crippen MR) is 75.4 cm³/mol. The number of nitrogens with one attached hydrogen (secondary N) is 1. The molecule has 0 radical (unpaired) electrons. The fourth-order valence-electron chi connectivity index (χ4n) is 1.81. The average Bonchev–Trinajstić information content (AvgIpc) is 2.45. The van der Waals surface area contributed by atoms with E-state index in [0.717, 1.165) is 22.8 Å². The Labute approximate surface area is 113 Å². The maximum absolute atomic E-state index is 10.1. The van der Waals surface area contributed by atoms with Crippen LogP contribution in [0.3, 0.4) is 0 Å². The van der Waals surface area contributed by atoms with E-state index in [1.54, 1.807) is 7.11 Å². The maximum atomic E-state index is 10.1. The summed E-state index contributed by atoms with van der Waals surface area (Å²) in [5.74, 6) is 1.51. The van der Waals surface area contributed by atoms with E-state index in [-0.39, 0.29) is 0 Å². The molecule has 19 heavy (non-hydrogen) atoms. The number of hydrogen-bond donors (Lipinski definition) is 2. The van der Waals surface area contributed by atoms with E-state index >= 15 is 0 Å². The van der Waals surface area contributed by atoms with Gasteiger partial charge in [0.2, 0.25) is 0 Å². The van der Waals surface area contributed by atoms with Gasteiger partial charge in [0, 0.05) is 12.2 Å². The van der Waals surface area contributed by atoms with E-state index in [4.69, 9.17) is 4.74 Å². The number of benzene rings is 1. The molecule has 0 saturated carbocycles. The molecule has 1 atom stereocenters. The second-order valence-electron chi connectivity index (χ2n) is 4.34. The summed E-state index contributed by atoms with van der Waals surface area (Å²) in [6.07, 6.45) is -0.600. The number of aliphatic hydroxyl groups is 1. The molecule has 1 unspecified atom stereocenters. The summed E-state index contributed by atoms with van der Waals surface area (Å²) in [7, 11) is 1.61. The van der Waals surface area contributed by atoms with Crippen LogP contribution in [0.5, 0.6) is 5.75 Å². The van der Waals surface area contributed by atoms with Crippen molar-refractivity contribution in [3.05, 3.63) is 53.7 Å². The van der Waals surface area contributed by atoms with Gasteiger partial charge >= 0.3 is 0 Å². The van der Waals surface area contributed by atoms with Crippen molar-refractivity contribution in [3.8, 4) is 5.75 Å². The van der Waals surface area contributed by atoms with Crippen LogP contribution in [0.4, 0.5) is 5.82 Å². The molecular weight excluding hydrogens is 240 g/mol. The Morgan fingerprint density at radius 3 is 2.79 bits per heavy atom. The van der Waals surface area contributed by atoms with Gasteiger partial charge in [-0.05, 0) is 36.8 Å². The molecule has 2 N–H and O–H groups in total. The number of aliphatic hydroxyl groups excluding tert-OH is 1. The SMILES string of the molecule is COc1cccc(C(O)CNc2cccc(C)n2)c1. The topological polar surface area (TPSA) is 54.4 Å². The molecule has 0 saturated heterocycles. The molecule has 0 aliphatic rings. The minimum atomic E-state index is -0.600. The van der Waals surface area contributed by atoms with Crippen LogP contribution in [0.1, 0.15) is 17.4 Å². The molecule has 4 heteroatoms. The van der Waals surface area contributed by atoms with Crippen LogP contribution in [0.25, 0.3) is 0 Å². The molecule has 0 amide bonds. The zero-order valence-corrected chi connectivity index (χ0v) is 11.1. The summed E-state index contributed by atoms with van der Waals surface area (Å²) in [6.45, 7) is 2.34. The number of anilines is 1. The van der Waals surface area contributed by atoms with Gasteiger partial charge in [0.25, 0.3) is 0 Å². The molecule has 0 bridgehead atoms. The van der Waals surface area contributed by atoms with Gasteiger partial charge in [-0.25, -0.2) is 4.98 Å². The van der Waals surface area contributed by atoms with E-state index in [0.29, 0.717) is 6.54 Å². The standard InChI is InChI=1S/C15H18N2O2/c1-11-5-3-8-15(17-11)16-10-14(18)12-6-4-7-13(9-12)19-2/h3-9,14,18H,10H2,1-2H3,(H,16,17). The van der Waals surface area contributed by atoms with Crippen molar-refractivity contribution in [1.29, 1.82) is 0 Å². The van der Waals surface area contributed by atoms with Gasteiger partial charge in [-0.3, -0.25) is 0 Å². The first kappa shape index (κ1) is 13.4. The fourth-order valence-corrected chi connectivity index (χ4v) is 1.81. The van der Waals surface area contributed by atoms with Crippen LogP contribution in [-0.4, -0.2) is 23.7 Å². The zero-order chi connectivity index (χ0) is 13.7. The highest BCUT2D eigenvalue weighted by molar-refractivity contribution is 5.36. The van der Waals surface area contributed by atoms with Gasteiger partial charge < -0.3 is 15.2 Å². The maximum Gasteiger partial charge on any atom is 0.126 e.